The Morgan fingerprint density at radius 3 is 1.27 bits per heavy atom. The molecule has 382 valence electrons. The summed E-state index contributed by atoms with van der Waals surface area (Å²) < 4.78 is 1.35. The number of hydrogen-bond acceptors (Lipinski definition) is 2. The first kappa shape index (κ1) is 56.3. The van der Waals surface area contributed by atoms with Crippen molar-refractivity contribution in [2.24, 2.45) is 0 Å². The van der Waals surface area contributed by atoms with Gasteiger partial charge in [0.25, 0.3) is 0 Å². The lowest BCUT2D eigenvalue weighted by atomic mass is 9.91. The average Bonchev–Trinajstić information content (AvgIpc) is 4.12. The van der Waals surface area contributed by atoms with Crippen molar-refractivity contribution < 1.29 is 0 Å². The molecule has 0 aliphatic heterocycles. The molecule has 0 aliphatic carbocycles. The molecule has 0 nitrogen and oxygen atoms in total. The van der Waals surface area contributed by atoms with E-state index in [0.717, 1.165) is 0 Å². The van der Waals surface area contributed by atoms with Crippen molar-refractivity contribution in [3.63, 3.8) is 0 Å². The predicted molar refractivity (Wildman–Crippen MR) is 381 cm³/mol. The molecule has 2 heterocycles. The van der Waals surface area contributed by atoms with Gasteiger partial charge >= 0.3 is 0 Å². The first-order chi connectivity index (χ1) is 38.0. The molecule has 0 fully saturated rings. The van der Waals surface area contributed by atoms with Crippen molar-refractivity contribution in [3.8, 4) is 66.1 Å². The Hall–Kier alpha value is -4.96. The predicted octanol–water partition coefficient (Wildman–Crippen LogP) is 16.3. The Labute approximate surface area is 486 Å². The second kappa shape index (κ2) is 26.5. The number of thiophene rings is 2. The maximum Gasteiger partial charge on any atom is 0.0433 e. The monoisotopic (exact) mass is 1190 g/mol. The van der Waals surface area contributed by atoms with Crippen molar-refractivity contribution >= 4 is 171 Å². The van der Waals surface area contributed by atoms with Crippen molar-refractivity contribution in [3.05, 3.63) is 253 Å². The summed E-state index contributed by atoms with van der Waals surface area (Å²) in [5, 5.41) is 20.8. The van der Waals surface area contributed by atoms with E-state index >= 15 is 0 Å². The zero-order valence-corrected chi connectivity index (χ0v) is 53.6. The van der Waals surface area contributed by atoms with Gasteiger partial charge in [0.2, 0.25) is 0 Å². The fraction of sp³-hybridized carbons (Fsp3) is 0. The van der Waals surface area contributed by atoms with Crippen molar-refractivity contribution in [1.29, 1.82) is 0 Å². The molecular weight excluding hydrogens is 1130 g/mol. The van der Waals surface area contributed by atoms with Gasteiger partial charge < -0.3 is 0 Å². The molecule has 13 rings (SSSR count). The van der Waals surface area contributed by atoms with Crippen LogP contribution < -0.4 is 42.4 Å². The zero-order chi connectivity index (χ0) is 54.1. The van der Waals surface area contributed by atoms with E-state index < -0.39 is 0 Å². The van der Waals surface area contributed by atoms with E-state index in [-0.39, 0.29) is 0 Å². The van der Waals surface area contributed by atoms with Crippen LogP contribution in [0, 0.1) is 0 Å². The highest BCUT2D eigenvalue weighted by Crippen LogP contribution is 2.38. The highest BCUT2D eigenvalue weighted by Gasteiger charge is 2.13. The van der Waals surface area contributed by atoms with E-state index in [4.69, 9.17) is 0 Å². The molecule has 0 bridgehead atoms. The molecule has 0 aliphatic rings. The molecule has 10 heteroatoms. The van der Waals surface area contributed by atoms with Gasteiger partial charge in [-0.3, -0.25) is 0 Å². The van der Waals surface area contributed by atoms with Crippen LogP contribution in [-0.2, 0) is 0 Å². The van der Waals surface area contributed by atoms with Crippen LogP contribution >= 0.6 is 96.6 Å². The Bertz CT molecular complexity index is 4060. The van der Waals surface area contributed by atoms with Crippen molar-refractivity contribution in [2.45, 2.75) is 0 Å². The van der Waals surface area contributed by atoms with Gasteiger partial charge in [0.15, 0.2) is 0 Å². The number of hydrogen-bond donors (Lipinski definition) is 0. The first-order valence-corrected chi connectivity index (χ1v) is 31.6. The summed E-state index contributed by atoms with van der Waals surface area (Å²) in [5.41, 5.74) is 14.1. The molecule has 78 heavy (non-hydrogen) atoms. The highest BCUT2D eigenvalue weighted by atomic mass is 32.1. The fourth-order valence-electron chi connectivity index (χ4n) is 9.50. The molecule has 8 unspecified atom stereocenters. The second-order valence-electron chi connectivity index (χ2n) is 18.7. The van der Waals surface area contributed by atoms with Crippen molar-refractivity contribution in [1.82, 2.24) is 0 Å². The van der Waals surface area contributed by atoms with Crippen molar-refractivity contribution in [2.75, 3.05) is 0 Å². The van der Waals surface area contributed by atoms with E-state index in [0.29, 0.717) is 0 Å². The summed E-state index contributed by atoms with van der Waals surface area (Å²) >= 11 is 3.61. The van der Waals surface area contributed by atoms with Crippen LogP contribution in [0.1, 0.15) is 0 Å². The third kappa shape index (κ3) is 13.4. The standard InChI is InChI=1S/C22H18P2.C16H14P2S.C16H14P2.C14H12P2S/c23-18-11-7-15(8-12-18)20-5-1-3-17-4-2-6-21(22(17)20)16-9-13-19(24)14-10-16;17-13-5-1-3-11(7-13)15-9-19-10-16(15)12-4-2-6-14(18)8-12;17-15-6-2-1-5-13(15)12-9-8-11-4-3-7-16(18)14(11)10-12;15-11-7-3-1-5-9(11)14-13(16)10-6-2-4-8-12(10)17-14/h1-14H,23-24H2;1-10H,17-18H2;1-10H,17-18H2;1-8H,15-16H2. The quantitative estimate of drug-likeness (QED) is 0.146. The summed E-state index contributed by atoms with van der Waals surface area (Å²) in [5.74, 6) is 0. The molecule has 11 aromatic carbocycles. The first-order valence-electron chi connectivity index (χ1n) is 25.3. The zero-order valence-electron chi connectivity index (χ0n) is 42.7. The minimum atomic E-state index is 1.20. The number of benzene rings is 11. The Balaban J connectivity index is 0.000000119. The van der Waals surface area contributed by atoms with E-state index in [1.54, 1.807) is 11.3 Å². The number of fused-ring (bicyclic) bond motifs is 3. The van der Waals surface area contributed by atoms with Gasteiger partial charge in [0.1, 0.15) is 0 Å². The van der Waals surface area contributed by atoms with Crippen LogP contribution in [0.25, 0.3) is 97.7 Å². The van der Waals surface area contributed by atoms with Gasteiger partial charge in [-0.2, -0.15) is 11.3 Å². The summed E-state index contributed by atoms with van der Waals surface area (Å²) in [6.07, 6.45) is 0. The van der Waals surface area contributed by atoms with E-state index in [9.17, 15) is 0 Å². The van der Waals surface area contributed by atoms with Gasteiger partial charge in [0, 0.05) is 26.1 Å². The molecular formula is C68H58P8S2. The largest absolute Gasteiger partial charge is 0.151 e. The summed E-state index contributed by atoms with van der Waals surface area (Å²) in [4.78, 5) is 1.35. The molecule has 13 aromatic rings. The molecule has 0 spiro atoms. The van der Waals surface area contributed by atoms with Crippen LogP contribution in [-0.4, -0.2) is 0 Å². The maximum absolute atomic E-state index is 2.88. The van der Waals surface area contributed by atoms with Crippen LogP contribution in [0.3, 0.4) is 0 Å². The van der Waals surface area contributed by atoms with Gasteiger partial charge in [-0.05, 0) is 149 Å². The van der Waals surface area contributed by atoms with Crippen LogP contribution in [0.2, 0.25) is 0 Å². The highest BCUT2D eigenvalue weighted by molar-refractivity contribution is 7.35. The van der Waals surface area contributed by atoms with Crippen LogP contribution in [0.4, 0.5) is 0 Å². The number of rotatable bonds is 6. The van der Waals surface area contributed by atoms with Gasteiger partial charge in [-0.15, -0.1) is 85.3 Å². The maximum atomic E-state index is 2.88. The van der Waals surface area contributed by atoms with Gasteiger partial charge in [-0.25, -0.2) is 0 Å². The SMILES string of the molecule is Pc1ccc(-c2cccc3cccc(-c4ccc(P)cc4)c23)cc1.Pc1cccc(-c2cscc2-c2cccc(P)c2)c1.Pc1ccccc1-c1ccc2cccc(P)c2c1.Pc1ccccc1-c1sc2ccccc2c1P. The molecule has 0 saturated heterocycles. The third-order valence-corrected chi connectivity index (χ3v) is 19.2. The molecule has 2 aromatic heterocycles. The molecule has 0 saturated carbocycles. The van der Waals surface area contributed by atoms with Gasteiger partial charge in [-0.1, -0.05) is 218 Å². The summed E-state index contributed by atoms with van der Waals surface area (Å²) in [6, 6.07) is 86.1. The van der Waals surface area contributed by atoms with E-state index in [2.05, 4.69) is 327 Å². The normalized spacial score (nSPS) is 10.8. The molecule has 0 amide bonds. The summed E-state index contributed by atoms with van der Waals surface area (Å²) in [6.45, 7) is 0. The van der Waals surface area contributed by atoms with E-state index in [1.807, 2.05) is 11.3 Å². The topological polar surface area (TPSA) is 0 Å². The summed E-state index contributed by atoms with van der Waals surface area (Å²) in [7, 11) is 22.3. The minimum absolute atomic E-state index is 1.20. The second-order valence-corrected chi connectivity index (χ2v) is 25.6. The third-order valence-electron chi connectivity index (χ3n) is 13.4. The fourth-order valence-corrected chi connectivity index (χ4v) is 14.4. The molecule has 0 N–H and O–H groups in total. The van der Waals surface area contributed by atoms with Gasteiger partial charge in [0.05, 0.1) is 0 Å². The Morgan fingerprint density at radius 1 is 0.269 bits per heavy atom. The van der Waals surface area contributed by atoms with E-state index in [1.165, 1.54) is 140 Å². The molecule has 0 radical (unpaired) electrons. The minimum Gasteiger partial charge on any atom is -0.151 e. The molecule has 8 atom stereocenters. The Morgan fingerprint density at radius 2 is 0.718 bits per heavy atom. The smallest absolute Gasteiger partial charge is 0.0433 e. The average molecular weight is 1190 g/mol. The van der Waals surface area contributed by atoms with Crippen LogP contribution in [0.15, 0.2) is 253 Å². The lowest BCUT2D eigenvalue weighted by Gasteiger charge is -2.13. The Kier molecular flexibility index (Phi) is 19.2. The lowest BCUT2D eigenvalue weighted by molar-refractivity contribution is 1.65. The van der Waals surface area contributed by atoms with Crippen LogP contribution in [0.5, 0.6) is 0 Å². The lowest BCUT2D eigenvalue weighted by Crippen LogP contribution is -1.99.